The molecule has 1 aliphatic rings. The van der Waals surface area contributed by atoms with E-state index in [4.69, 9.17) is 9.47 Å². The van der Waals surface area contributed by atoms with Crippen LogP contribution in [-0.4, -0.2) is 38.1 Å². The number of hydrogen-bond acceptors (Lipinski definition) is 4. The van der Waals surface area contributed by atoms with Crippen LogP contribution in [0.15, 0.2) is 36.4 Å². The van der Waals surface area contributed by atoms with Crippen molar-refractivity contribution in [2.24, 2.45) is 0 Å². The van der Waals surface area contributed by atoms with Crippen molar-refractivity contribution >= 4 is 57.0 Å². The maximum absolute atomic E-state index is 12.8. The lowest BCUT2D eigenvalue weighted by Gasteiger charge is -2.33. The largest absolute Gasteiger partial charge is 0.496 e. The molecule has 8 heteroatoms. The molecule has 2 unspecified atom stereocenters. The highest BCUT2D eigenvalue weighted by Crippen LogP contribution is 2.24. The summed E-state index contributed by atoms with van der Waals surface area (Å²) in [6.45, 7) is 0. The van der Waals surface area contributed by atoms with E-state index in [9.17, 15) is 9.59 Å². The molecule has 1 aliphatic carbocycles. The maximum atomic E-state index is 12.8. The average molecular weight is 634 g/mol. The minimum atomic E-state index is -0.138. The van der Waals surface area contributed by atoms with Gasteiger partial charge in [0.25, 0.3) is 11.8 Å². The normalized spacial score (nSPS) is 18.4. The molecular formula is C22H24I2N2O4. The first-order chi connectivity index (χ1) is 14.4. The van der Waals surface area contributed by atoms with Crippen LogP contribution in [0.25, 0.3) is 0 Å². The summed E-state index contributed by atoms with van der Waals surface area (Å²) in [4.78, 5) is 25.6. The summed E-state index contributed by atoms with van der Waals surface area (Å²) in [7, 11) is 3.22. The fraction of sp³-hybridized carbons (Fsp3) is 0.364. The molecule has 0 heterocycles. The zero-order valence-electron chi connectivity index (χ0n) is 16.8. The summed E-state index contributed by atoms with van der Waals surface area (Å²) >= 11 is 4.31. The van der Waals surface area contributed by atoms with E-state index in [-0.39, 0.29) is 23.9 Å². The maximum Gasteiger partial charge on any atom is 0.251 e. The van der Waals surface area contributed by atoms with E-state index in [0.29, 0.717) is 11.1 Å². The van der Waals surface area contributed by atoms with E-state index in [2.05, 4.69) is 55.8 Å². The van der Waals surface area contributed by atoms with Crippen LogP contribution in [0.3, 0.4) is 0 Å². The molecule has 160 valence electrons. The molecule has 1 saturated carbocycles. The molecule has 0 bridgehead atoms. The van der Waals surface area contributed by atoms with Gasteiger partial charge in [0.1, 0.15) is 11.5 Å². The molecule has 0 aromatic heterocycles. The molecule has 3 rings (SSSR count). The zero-order valence-corrected chi connectivity index (χ0v) is 21.2. The fourth-order valence-corrected chi connectivity index (χ4v) is 5.07. The number of ether oxygens (including phenoxy) is 2. The summed E-state index contributed by atoms with van der Waals surface area (Å²) in [6.07, 6.45) is 3.73. The quantitative estimate of drug-likeness (QED) is 0.463. The van der Waals surface area contributed by atoms with Crippen LogP contribution in [0.4, 0.5) is 0 Å². The first kappa shape index (κ1) is 23.1. The third kappa shape index (κ3) is 5.57. The Labute approximate surface area is 203 Å². The molecule has 0 radical (unpaired) electrons. The Balaban J connectivity index is 1.68. The topological polar surface area (TPSA) is 76.7 Å². The third-order valence-corrected chi connectivity index (χ3v) is 6.91. The number of methoxy groups -OCH3 is 2. The zero-order chi connectivity index (χ0) is 21.7. The number of carbonyl (C=O) groups is 2. The first-order valence-electron chi connectivity index (χ1n) is 9.71. The van der Waals surface area contributed by atoms with Crippen LogP contribution >= 0.6 is 45.2 Å². The van der Waals surface area contributed by atoms with Crippen molar-refractivity contribution in [3.8, 4) is 11.5 Å². The molecule has 30 heavy (non-hydrogen) atoms. The Morgan fingerprint density at radius 2 is 1.20 bits per heavy atom. The van der Waals surface area contributed by atoms with Crippen molar-refractivity contribution in [2.75, 3.05) is 14.2 Å². The Morgan fingerprint density at radius 3 is 1.53 bits per heavy atom. The first-order valence-corrected chi connectivity index (χ1v) is 11.9. The van der Waals surface area contributed by atoms with Crippen molar-refractivity contribution in [1.29, 1.82) is 0 Å². The second kappa shape index (κ2) is 10.7. The van der Waals surface area contributed by atoms with Gasteiger partial charge in [0.2, 0.25) is 0 Å². The van der Waals surface area contributed by atoms with Crippen LogP contribution in [0.5, 0.6) is 11.5 Å². The minimum Gasteiger partial charge on any atom is -0.496 e. The lowest BCUT2D eigenvalue weighted by Crippen LogP contribution is -2.53. The van der Waals surface area contributed by atoms with Crippen LogP contribution in [0.1, 0.15) is 46.4 Å². The van der Waals surface area contributed by atoms with Crippen molar-refractivity contribution < 1.29 is 19.1 Å². The van der Waals surface area contributed by atoms with Gasteiger partial charge in [0.15, 0.2) is 0 Å². The van der Waals surface area contributed by atoms with E-state index < -0.39 is 0 Å². The van der Waals surface area contributed by atoms with Crippen molar-refractivity contribution in [1.82, 2.24) is 10.6 Å². The predicted octanol–water partition coefficient (Wildman–Crippen LogP) is 4.38. The van der Waals surface area contributed by atoms with Crippen LogP contribution in [0, 0.1) is 7.14 Å². The fourth-order valence-electron chi connectivity index (χ4n) is 3.60. The highest BCUT2D eigenvalue weighted by atomic mass is 127. The summed E-state index contributed by atoms with van der Waals surface area (Å²) in [5, 5.41) is 6.23. The molecule has 2 amide bonds. The number of amides is 2. The lowest BCUT2D eigenvalue weighted by molar-refractivity contribution is 0.0862. The van der Waals surface area contributed by atoms with Gasteiger partial charge in [-0.2, -0.15) is 0 Å². The molecule has 1 fully saturated rings. The number of benzene rings is 2. The summed E-state index contributed by atoms with van der Waals surface area (Å²) < 4.78 is 12.3. The van der Waals surface area contributed by atoms with Gasteiger partial charge in [-0.05, 0) is 94.4 Å². The van der Waals surface area contributed by atoms with Crippen LogP contribution < -0.4 is 20.1 Å². The number of hydrogen-bond donors (Lipinski definition) is 2. The van der Waals surface area contributed by atoms with Gasteiger partial charge in [-0.25, -0.2) is 0 Å². The Kier molecular flexibility index (Phi) is 8.20. The summed E-state index contributed by atoms with van der Waals surface area (Å²) in [5.74, 6) is 1.20. The SMILES string of the molecule is COc1ccc(C(=O)NC2CCCCC2NC(=O)c2ccc(OC)c(I)c2)cc1I. The van der Waals surface area contributed by atoms with Crippen molar-refractivity contribution in [3.63, 3.8) is 0 Å². The van der Waals surface area contributed by atoms with Gasteiger partial charge in [-0.15, -0.1) is 0 Å². The summed E-state index contributed by atoms with van der Waals surface area (Å²) in [6, 6.07) is 10.5. The van der Waals surface area contributed by atoms with E-state index in [0.717, 1.165) is 44.3 Å². The van der Waals surface area contributed by atoms with Gasteiger partial charge in [-0.1, -0.05) is 12.8 Å². The Bertz CT molecular complexity index is 860. The molecular weight excluding hydrogens is 610 g/mol. The second-order valence-electron chi connectivity index (χ2n) is 7.14. The van der Waals surface area contributed by atoms with Crippen molar-refractivity contribution in [2.45, 2.75) is 37.8 Å². The van der Waals surface area contributed by atoms with Gasteiger partial charge in [0, 0.05) is 23.2 Å². The highest BCUT2D eigenvalue weighted by Gasteiger charge is 2.28. The second-order valence-corrected chi connectivity index (χ2v) is 9.47. The Hall–Kier alpha value is -1.56. The Morgan fingerprint density at radius 1 is 0.800 bits per heavy atom. The van der Waals surface area contributed by atoms with Crippen molar-refractivity contribution in [3.05, 3.63) is 54.7 Å². The van der Waals surface area contributed by atoms with E-state index >= 15 is 0 Å². The number of nitrogens with one attached hydrogen (secondary N) is 2. The average Bonchev–Trinajstić information content (AvgIpc) is 2.74. The molecule has 2 atom stereocenters. The number of halogens is 2. The van der Waals surface area contributed by atoms with Gasteiger partial charge >= 0.3 is 0 Å². The number of rotatable bonds is 6. The molecule has 2 aromatic carbocycles. The van der Waals surface area contributed by atoms with E-state index in [1.54, 1.807) is 38.5 Å². The van der Waals surface area contributed by atoms with E-state index in [1.165, 1.54) is 0 Å². The predicted molar refractivity (Wildman–Crippen MR) is 132 cm³/mol. The van der Waals surface area contributed by atoms with Crippen LogP contribution in [0.2, 0.25) is 0 Å². The molecule has 0 aliphatic heterocycles. The molecule has 2 aromatic rings. The molecule has 2 N–H and O–H groups in total. The van der Waals surface area contributed by atoms with Gasteiger partial charge in [-0.3, -0.25) is 9.59 Å². The number of carbonyl (C=O) groups excluding carboxylic acids is 2. The standard InChI is InChI=1S/C22H24I2N2O4/c1-29-19-9-7-13(11-15(19)23)21(27)25-17-5-3-4-6-18(17)26-22(28)14-8-10-20(30-2)16(24)12-14/h7-12,17-18H,3-6H2,1-2H3,(H,25,27)(H,26,28). The summed E-state index contributed by atoms with van der Waals surface area (Å²) in [5.41, 5.74) is 1.17. The molecule has 6 nitrogen and oxygen atoms in total. The van der Waals surface area contributed by atoms with Gasteiger partial charge < -0.3 is 20.1 Å². The third-order valence-electron chi connectivity index (χ3n) is 5.23. The minimum absolute atomic E-state index is 0.104. The highest BCUT2D eigenvalue weighted by molar-refractivity contribution is 14.1. The lowest BCUT2D eigenvalue weighted by atomic mass is 9.89. The molecule has 0 spiro atoms. The smallest absolute Gasteiger partial charge is 0.251 e. The van der Waals surface area contributed by atoms with Crippen LogP contribution in [-0.2, 0) is 0 Å². The monoisotopic (exact) mass is 634 g/mol. The molecule has 0 saturated heterocycles. The van der Waals surface area contributed by atoms with Gasteiger partial charge in [0.05, 0.1) is 21.4 Å². The van der Waals surface area contributed by atoms with E-state index in [1.807, 2.05) is 12.1 Å².